The molecule has 1 unspecified atom stereocenters. The second-order valence-corrected chi connectivity index (χ2v) is 4.06. The van der Waals surface area contributed by atoms with Gasteiger partial charge < -0.3 is 15.2 Å². The first-order chi connectivity index (χ1) is 7.84. The maximum absolute atomic E-state index is 5.58. The van der Waals surface area contributed by atoms with E-state index in [0.717, 1.165) is 18.7 Å². The molecule has 0 aliphatic carbocycles. The van der Waals surface area contributed by atoms with Crippen LogP contribution >= 0.6 is 0 Å². The van der Waals surface area contributed by atoms with Crippen LogP contribution in [0.1, 0.15) is 25.0 Å². The van der Waals surface area contributed by atoms with Crippen molar-refractivity contribution in [2.24, 2.45) is 0 Å². The maximum atomic E-state index is 5.58. The van der Waals surface area contributed by atoms with E-state index in [9.17, 15) is 0 Å². The van der Waals surface area contributed by atoms with Crippen molar-refractivity contribution in [3.05, 3.63) is 23.9 Å². The van der Waals surface area contributed by atoms with E-state index in [4.69, 9.17) is 15.2 Å². The largest absolute Gasteiger partial charge is 0.384 e. The zero-order valence-corrected chi connectivity index (χ0v) is 9.39. The molecule has 0 aromatic carbocycles. The molecule has 0 spiro atoms. The van der Waals surface area contributed by atoms with Crippen LogP contribution in [0.25, 0.3) is 0 Å². The number of nitrogens with two attached hydrogens (primary N) is 1. The van der Waals surface area contributed by atoms with Gasteiger partial charge in [0.25, 0.3) is 0 Å². The average Bonchev–Trinajstić information content (AvgIpc) is 2.30. The molecule has 2 rings (SSSR count). The summed E-state index contributed by atoms with van der Waals surface area (Å²) in [6, 6.07) is 5.57. The van der Waals surface area contributed by atoms with E-state index in [-0.39, 0.29) is 6.10 Å². The summed E-state index contributed by atoms with van der Waals surface area (Å²) < 4.78 is 11.1. The Hall–Kier alpha value is -1.13. The lowest BCUT2D eigenvalue weighted by atomic mass is 10.1. The first kappa shape index (κ1) is 11.4. The Balaban J connectivity index is 1.71. The van der Waals surface area contributed by atoms with Crippen molar-refractivity contribution in [3.63, 3.8) is 0 Å². The van der Waals surface area contributed by atoms with E-state index in [1.165, 1.54) is 12.8 Å². The third-order valence-electron chi connectivity index (χ3n) is 2.66. The molecule has 1 aromatic rings. The van der Waals surface area contributed by atoms with Crippen LogP contribution in [0.15, 0.2) is 18.2 Å². The normalized spacial score (nSPS) is 20.9. The Labute approximate surface area is 95.8 Å². The smallest absolute Gasteiger partial charge is 0.123 e. The molecule has 1 atom stereocenters. The SMILES string of the molecule is Nc1cccc(COCC2CCCCO2)n1. The van der Waals surface area contributed by atoms with E-state index >= 15 is 0 Å². The number of nitrogen functional groups attached to an aromatic ring is 1. The molecule has 88 valence electrons. The summed E-state index contributed by atoms with van der Waals surface area (Å²) in [6.45, 7) is 2.02. The van der Waals surface area contributed by atoms with Crippen LogP contribution in [0, 0.1) is 0 Å². The molecule has 16 heavy (non-hydrogen) atoms. The summed E-state index contributed by atoms with van der Waals surface area (Å²) in [5.41, 5.74) is 6.45. The summed E-state index contributed by atoms with van der Waals surface area (Å²) in [6.07, 6.45) is 3.78. The van der Waals surface area contributed by atoms with E-state index in [0.29, 0.717) is 19.0 Å². The van der Waals surface area contributed by atoms with Crippen molar-refractivity contribution in [1.29, 1.82) is 0 Å². The predicted octanol–water partition coefficient (Wildman–Crippen LogP) is 1.75. The first-order valence-electron chi connectivity index (χ1n) is 5.75. The average molecular weight is 222 g/mol. The van der Waals surface area contributed by atoms with E-state index in [1.54, 1.807) is 6.07 Å². The minimum atomic E-state index is 0.259. The molecule has 0 saturated carbocycles. The second kappa shape index (κ2) is 5.82. The first-order valence-corrected chi connectivity index (χ1v) is 5.75. The van der Waals surface area contributed by atoms with E-state index in [2.05, 4.69) is 4.98 Å². The van der Waals surface area contributed by atoms with Crippen molar-refractivity contribution in [3.8, 4) is 0 Å². The van der Waals surface area contributed by atoms with E-state index < -0.39 is 0 Å². The van der Waals surface area contributed by atoms with E-state index in [1.807, 2.05) is 12.1 Å². The van der Waals surface area contributed by atoms with Crippen LogP contribution in [-0.2, 0) is 16.1 Å². The molecule has 2 N–H and O–H groups in total. The lowest BCUT2D eigenvalue weighted by molar-refractivity contribution is -0.0452. The van der Waals surface area contributed by atoms with Crippen LogP contribution < -0.4 is 5.73 Å². The minimum Gasteiger partial charge on any atom is -0.384 e. The van der Waals surface area contributed by atoms with Crippen molar-refractivity contribution in [2.75, 3.05) is 18.9 Å². The van der Waals surface area contributed by atoms with Gasteiger partial charge in [-0.25, -0.2) is 4.98 Å². The van der Waals surface area contributed by atoms with Gasteiger partial charge in [-0.1, -0.05) is 6.07 Å². The molecule has 1 aliphatic heterocycles. The fourth-order valence-corrected chi connectivity index (χ4v) is 1.81. The highest BCUT2D eigenvalue weighted by molar-refractivity contribution is 5.28. The maximum Gasteiger partial charge on any atom is 0.123 e. The van der Waals surface area contributed by atoms with Gasteiger partial charge in [0.15, 0.2) is 0 Å². The summed E-state index contributed by atoms with van der Waals surface area (Å²) in [5.74, 6) is 0.537. The highest BCUT2D eigenvalue weighted by Gasteiger charge is 2.13. The Kier molecular flexibility index (Phi) is 4.13. The number of hydrogen-bond acceptors (Lipinski definition) is 4. The fourth-order valence-electron chi connectivity index (χ4n) is 1.81. The Bertz CT molecular complexity index is 325. The van der Waals surface area contributed by atoms with Crippen molar-refractivity contribution < 1.29 is 9.47 Å². The Morgan fingerprint density at radius 2 is 2.38 bits per heavy atom. The third kappa shape index (κ3) is 3.47. The van der Waals surface area contributed by atoms with Crippen molar-refractivity contribution >= 4 is 5.82 Å². The van der Waals surface area contributed by atoms with Gasteiger partial charge in [0, 0.05) is 6.61 Å². The molecular formula is C12H18N2O2. The van der Waals surface area contributed by atoms with Gasteiger partial charge in [-0.15, -0.1) is 0 Å². The van der Waals surface area contributed by atoms with Crippen molar-refractivity contribution in [2.45, 2.75) is 32.0 Å². The van der Waals surface area contributed by atoms with Gasteiger partial charge in [-0.3, -0.25) is 0 Å². The van der Waals surface area contributed by atoms with Gasteiger partial charge in [0.1, 0.15) is 5.82 Å². The van der Waals surface area contributed by atoms with Gasteiger partial charge in [0.2, 0.25) is 0 Å². The van der Waals surface area contributed by atoms with Crippen molar-refractivity contribution in [1.82, 2.24) is 4.98 Å². The molecule has 4 nitrogen and oxygen atoms in total. The number of hydrogen-bond donors (Lipinski definition) is 1. The van der Waals surface area contributed by atoms with Crippen LogP contribution in [0.3, 0.4) is 0 Å². The van der Waals surface area contributed by atoms with Crippen LogP contribution in [0.5, 0.6) is 0 Å². The number of nitrogens with zero attached hydrogens (tertiary/aromatic N) is 1. The molecule has 4 heteroatoms. The lowest BCUT2D eigenvalue weighted by Crippen LogP contribution is -2.24. The predicted molar refractivity (Wildman–Crippen MR) is 61.9 cm³/mol. The molecule has 1 saturated heterocycles. The molecule has 0 amide bonds. The number of anilines is 1. The van der Waals surface area contributed by atoms with Gasteiger partial charge >= 0.3 is 0 Å². The molecule has 1 aromatic heterocycles. The molecule has 2 heterocycles. The standard InChI is InChI=1S/C12H18N2O2/c13-12-6-3-4-10(14-12)8-15-9-11-5-1-2-7-16-11/h3-4,6,11H,1-2,5,7-9H2,(H2,13,14). The van der Waals surface area contributed by atoms with Gasteiger partial charge in [0.05, 0.1) is 25.0 Å². The van der Waals surface area contributed by atoms with Gasteiger partial charge in [-0.05, 0) is 31.4 Å². The monoisotopic (exact) mass is 222 g/mol. The summed E-state index contributed by atoms with van der Waals surface area (Å²) in [4.78, 5) is 4.17. The van der Waals surface area contributed by atoms with Crippen LogP contribution in [-0.4, -0.2) is 24.3 Å². The van der Waals surface area contributed by atoms with Crippen LogP contribution in [0.2, 0.25) is 0 Å². The van der Waals surface area contributed by atoms with Gasteiger partial charge in [-0.2, -0.15) is 0 Å². The lowest BCUT2D eigenvalue weighted by Gasteiger charge is -2.22. The number of aromatic nitrogens is 1. The fraction of sp³-hybridized carbons (Fsp3) is 0.583. The third-order valence-corrected chi connectivity index (χ3v) is 2.66. The highest BCUT2D eigenvalue weighted by Crippen LogP contribution is 2.13. The number of rotatable bonds is 4. The summed E-state index contributed by atoms with van der Waals surface area (Å²) >= 11 is 0. The summed E-state index contributed by atoms with van der Waals surface area (Å²) in [7, 11) is 0. The summed E-state index contributed by atoms with van der Waals surface area (Å²) in [5, 5.41) is 0. The van der Waals surface area contributed by atoms with Crippen LogP contribution in [0.4, 0.5) is 5.82 Å². The topological polar surface area (TPSA) is 57.4 Å². The molecule has 1 aliphatic rings. The Morgan fingerprint density at radius 1 is 1.44 bits per heavy atom. The molecule has 0 bridgehead atoms. The molecular weight excluding hydrogens is 204 g/mol. The number of pyridine rings is 1. The Morgan fingerprint density at radius 3 is 3.12 bits per heavy atom. The molecule has 1 fully saturated rings. The highest BCUT2D eigenvalue weighted by atomic mass is 16.5. The number of ether oxygens (including phenoxy) is 2. The zero-order valence-electron chi connectivity index (χ0n) is 9.39. The quantitative estimate of drug-likeness (QED) is 0.843. The second-order valence-electron chi connectivity index (χ2n) is 4.06. The minimum absolute atomic E-state index is 0.259. The zero-order chi connectivity index (χ0) is 11.2. The molecule has 0 radical (unpaired) electrons.